The van der Waals surface area contributed by atoms with Crippen molar-refractivity contribution in [1.82, 2.24) is 9.97 Å². The minimum Gasteiger partial charge on any atom is -0.497 e. The van der Waals surface area contributed by atoms with Gasteiger partial charge in [-0.15, -0.1) is 0 Å². The van der Waals surface area contributed by atoms with Crippen LogP contribution in [0.25, 0.3) is 0 Å². The van der Waals surface area contributed by atoms with Gasteiger partial charge in [-0.1, -0.05) is 23.7 Å². The first-order valence-corrected chi connectivity index (χ1v) is 6.35. The molecule has 0 amide bonds. The van der Waals surface area contributed by atoms with Crippen molar-refractivity contribution < 1.29 is 4.74 Å². The van der Waals surface area contributed by atoms with Crippen molar-refractivity contribution in [1.29, 1.82) is 0 Å². The monoisotopic (exact) mass is 293 g/mol. The van der Waals surface area contributed by atoms with Crippen molar-refractivity contribution in [2.75, 3.05) is 24.5 Å². The fourth-order valence-corrected chi connectivity index (χ4v) is 2.01. The Bertz CT molecular complexity index is 575. The van der Waals surface area contributed by atoms with E-state index in [1.54, 1.807) is 7.11 Å². The molecular weight excluding hydrogens is 278 g/mol. The topological polar surface area (TPSA) is 76.3 Å². The average molecular weight is 294 g/mol. The summed E-state index contributed by atoms with van der Waals surface area (Å²) in [5.41, 5.74) is 3.52. The highest BCUT2D eigenvalue weighted by molar-refractivity contribution is 6.32. The van der Waals surface area contributed by atoms with Crippen LogP contribution in [0.1, 0.15) is 5.56 Å². The molecule has 0 spiro atoms. The van der Waals surface area contributed by atoms with Gasteiger partial charge >= 0.3 is 0 Å². The third-order valence-electron chi connectivity index (χ3n) is 2.80. The van der Waals surface area contributed by atoms with Crippen molar-refractivity contribution in [2.24, 2.45) is 5.84 Å². The molecule has 0 saturated heterocycles. The Morgan fingerprint density at radius 1 is 1.35 bits per heavy atom. The zero-order chi connectivity index (χ0) is 14.5. The van der Waals surface area contributed by atoms with Gasteiger partial charge in [-0.05, 0) is 17.7 Å². The number of nitrogens with one attached hydrogen (secondary N) is 1. The van der Waals surface area contributed by atoms with E-state index in [2.05, 4.69) is 15.4 Å². The molecule has 0 unspecified atom stereocenters. The minimum atomic E-state index is 0.325. The van der Waals surface area contributed by atoms with E-state index in [9.17, 15) is 0 Å². The molecule has 106 valence electrons. The lowest BCUT2D eigenvalue weighted by Gasteiger charge is -2.19. The van der Waals surface area contributed by atoms with Crippen LogP contribution in [0.3, 0.4) is 0 Å². The molecule has 0 saturated carbocycles. The lowest BCUT2D eigenvalue weighted by atomic mass is 10.2. The lowest BCUT2D eigenvalue weighted by Crippen LogP contribution is -2.20. The zero-order valence-electron chi connectivity index (χ0n) is 11.3. The Labute approximate surface area is 122 Å². The SMILES string of the molecule is COc1ccc(CN(C)c2nc(NN)ncc2Cl)cc1. The van der Waals surface area contributed by atoms with E-state index in [0.29, 0.717) is 23.3 Å². The summed E-state index contributed by atoms with van der Waals surface area (Å²) in [6.07, 6.45) is 1.52. The average Bonchev–Trinajstić information content (AvgIpc) is 2.48. The molecular formula is C13H16ClN5O. The number of hydrogen-bond acceptors (Lipinski definition) is 6. The molecule has 1 aromatic carbocycles. The van der Waals surface area contributed by atoms with Gasteiger partial charge in [-0.25, -0.2) is 10.8 Å². The van der Waals surface area contributed by atoms with Gasteiger partial charge in [0.15, 0.2) is 5.82 Å². The van der Waals surface area contributed by atoms with Gasteiger partial charge in [0.25, 0.3) is 0 Å². The van der Waals surface area contributed by atoms with Crippen LogP contribution in [0.15, 0.2) is 30.5 Å². The fraction of sp³-hybridized carbons (Fsp3) is 0.231. The van der Waals surface area contributed by atoms with E-state index in [4.69, 9.17) is 22.2 Å². The number of halogens is 1. The number of hydrogen-bond donors (Lipinski definition) is 2. The van der Waals surface area contributed by atoms with E-state index in [1.807, 2.05) is 36.2 Å². The molecule has 6 nitrogen and oxygen atoms in total. The lowest BCUT2D eigenvalue weighted by molar-refractivity contribution is 0.414. The third-order valence-corrected chi connectivity index (χ3v) is 3.06. The summed E-state index contributed by atoms with van der Waals surface area (Å²) in [5.74, 6) is 7.07. The van der Waals surface area contributed by atoms with Crippen molar-refractivity contribution in [2.45, 2.75) is 6.54 Å². The fourth-order valence-electron chi connectivity index (χ4n) is 1.78. The Morgan fingerprint density at radius 3 is 2.65 bits per heavy atom. The summed E-state index contributed by atoms with van der Waals surface area (Å²) in [6, 6.07) is 7.81. The van der Waals surface area contributed by atoms with Crippen LogP contribution >= 0.6 is 11.6 Å². The Kier molecular flexibility index (Phi) is 4.60. The molecule has 0 fully saturated rings. The largest absolute Gasteiger partial charge is 0.497 e. The zero-order valence-corrected chi connectivity index (χ0v) is 12.1. The second kappa shape index (κ2) is 6.40. The van der Waals surface area contributed by atoms with E-state index in [0.717, 1.165) is 11.3 Å². The molecule has 0 aliphatic carbocycles. The maximum atomic E-state index is 6.11. The van der Waals surface area contributed by atoms with Crippen LogP contribution in [0, 0.1) is 0 Å². The van der Waals surface area contributed by atoms with Gasteiger partial charge in [0.1, 0.15) is 10.8 Å². The van der Waals surface area contributed by atoms with E-state index in [1.165, 1.54) is 6.20 Å². The number of nitrogens with two attached hydrogens (primary N) is 1. The van der Waals surface area contributed by atoms with Crippen molar-refractivity contribution in [3.63, 3.8) is 0 Å². The Morgan fingerprint density at radius 2 is 2.05 bits per heavy atom. The predicted molar refractivity (Wildman–Crippen MR) is 80.0 cm³/mol. The van der Waals surface area contributed by atoms with E-state index in [-0.39, 0.29) is 0 Å². The normalized spacial score (nSPS) is 10.2. The molecule has 20 heavy (non-hydrogen) atoms. The van der Waals surface area contributed by atoms with Gasteiger partial charge in [-0.2, -0.15) is 4.98 Å². The predicted octanol–water partition coefficient (Wildman–Crippen LogP) is 2.06. The Balaban J connectivity index is 2.16. The van der Waals surface area contributed by atoms with Gasteiger partial charge in [0.05, 0.1) is 13.3 Å². The van der Waals surface area contributed by atoms with Crippen LogP contribution in [0.5, 0.6) is 5.75 Å². The van der Waals surface area contributed by atoms with E-state index >= 15 is 0 Å². The molecule has 3 N–H and O–H groups in total. The van der Waals surface area contributed by atoms with Gasteiger partial charge in [0.2, 0.25) is 5.95 Å². The van der Waals surface area contributed by atoms with E-state index < -0.39 is 0 Å². The number of anilines is 2. The molecule has 0 radical (unpaired) electrons. The molecule has 1 heterocycles. The highest BCUT2D eigenvalue weighted by Gasteiger charge is 2.10. The number of ether oxygens (including phenoxy) is 1. The first kappa shape index (κ1) is 14.4. The molecule has 2 rings (SSSR count). The summed E-state index contributed by atoms with van der Waals surface area (Å²) in [5, 5.41) is 0.472. The quantitative estimate of drug-likeness (QED) is 0.649. The first-order valence-electron chi connectivity index (χ1n) is 5.97. The molecule has 2 aromatic rings. The second-order valence-electron chi connectivity index (χ2n) is 4.21. The maximum Gasteiger partial charge on any atom is 0.239 e. The number of hydrazine groups is 1. The second-order valence-corrected chi connectivity index (χ2v) is 4.62. The molecule has 0 aliphatic rings. The number of nitrogens with zero attached hydrogens (tertiary/aromatic N) is 3. The third kappa shape index (κ3) is 3.28. The van der Waals surface area contributed by atoms with Crippen LogP contribution in [0.2, 0.25) is 5.02 Å². The summed E-state index contributed by atoms with van der Waals surface area (Å²) in [4.78, 5) is 10.1. The summed E-state index contributed by atoms with van der Waals surface area (Å²) >= 11 is 6.11. The molecule has 1 aromatic heterocycles. The van der Waals surface area contributed by atoms with Crippen molar-refractivity contribution >= 4 is 23.4 Å². The number of nitrogen functional groups attached to an aromatic ring is 1. The highest BCUT2D eigenvalue weighted by atomic mass is 35.5. The first-order chi connectivity index (χ1) is 9.63. The van der Waals surface area contributed by atoms with Gasteiger partial charge in [-0.3, -0.25) is 5.43 Å². The van der Waals surface area contributed by atoms with Crippen LogP contribution in [-0.2, 0) is 6.54 Å². The molecule has 0 atom stereocenters. The number of methoxy groups -OCH3 is 1. The van der Waals surface area contributed by atoms with Crippen LogP contribution < -0.4 is 20.9 Å². The van der Waals surface area contributed by atoms with Crippen molar-refractivity contribution in [3.8, 4) is 5.75 Å². The van der Waals surface area contributed by atoms with Crippen molar-refractivity contribution in [3.05, 3.63) is 41.0 Å². The summed E-state index contributed by atoms with van der Waals surface area (Å²) < 4.78 is 5.13. The van der Waals surface area contributed by atoms with Crippen LogP contribution in [0.4, 0.5) is 11.8 Å². The molecule has 0 aliphatic heterocycles. The smallest absolute Gasteiger partial charge is 0.239 e. The Hall–Kier alpha value is -2.05. The highest BCUT2D eigenvalue weighted by Crippen LogP contribution is 2.24. The van der Waals surface area contributed by atoms with Gasteiger partial charge in [0, 0.05) is 13.6 Å². The summed E-state index contributed by atoms with van der Waals surface area (Å²) in [7, 11) is 3.54. The standard InChI is InChI=1S/C13H16ClN5O/c1-19(8-9-3-5-10(20-2)6-4-9)12-11(14)7-16-13(17-12)18-15/h3-7H,8,15H2,1-2H3,(H,16,17,18). The number of aromatic nitrogens is 2. The maximum absolute atomic E-state index is 6.11. The minimum absolute atomic E-state index is 0.325. The molecule has 0 bridgehead atoms. The summed E-state index contributed by atoms with van der Waals surface area (Å²) in [6.45, 7) is 0.657. The van der Waals surface area contributed by atoms with Crippen LogP contribution in [-0.4, -0.2) is 24.1 Å². The number of rotatable bonds is 5. The number of benzene rings is 1. The molecule has 7 heteroatoms. The van der Waals surface area contributed by atoms with Gasteiger partial charge < -0.3 is 9.64 Å².